The number of hydrogen-bond acceptors (Lipinski definition) is 4. The first kappa shape index (κ1) is 30.5. The first-order valence-corrected chi connectivity index (χ1v) is 14.7. The zero-order valence-electron chi connectivity index (χ0n) is 22.4. The molecule has 10 heteroatoms. The number of nitrogens with one attached hydrogen (secondary N) is 1. The molecule has 3 rings (SSSR count). The van der Waals surface area contributed by atoms with Gasteiger partial charge in [0.25, 0.3) is 10.0 Å². The molecule has 0 spiro atoms. The second-order valence-electron chi connectivity index (χ2n) is 9.74. The van der Waals surface area contributed by atoms with Crippen molar-refractivity contribution >= 4 is 50.7 Å². The van der Waals surface area contributed by atoms with E-state index in [0.717, 1.165) is 9.87 Å². The van der Waals surface area contributed by atoms with Crippen LogP contribution in [-0.2, 0) is 26.2 Å². The smallest absolute Gasteiger partial charge is 0.264 e. The maximum absolute atomic E-state index is 13.9. The molecule has 0 heterocycles. The van der Waals surface area contributed by atoms with Gasteiger partial charge < -0.3 is 10.2 Å². The third-order valence-electron chi connectivity index (χ3n) is 6.10. The molecule has 1 atom stereocenters. The number of benzene rings is 3. The summed E-state index contributed by atoms with van der Waals surface area (Å²) in [5.74, 6) is -0.698. The van der Waals surface area contributed by atoms with Crippen molar-refractivity contribution in [3.05, 3.63) is 94.0 Å². The van der Waals surface area contributed by atoms with Crippen LogP contribution in [0.2, 0.25) is 10.0 Å². The van der Waals surface area contributed by atoms with Crippen molar-refractivity contribution in [2.24, 2.45) is 5.92 Å². The highest BCUT2D eigenvalue weighted by molar-refractivity contribution is 7.92. The van der Waals surface area contributed by atoms with E-state index in [4.69, 9.17) is 23.2 Å². The summed E-state index contributed by atoms with van der Waals surface area (Å²) >= 11 is 12.6. The van der Waals surface area contributed by atoms with E-state index in [2.05, 4.69) is 5.32 Å². The van der Waals surface area contributed by atoms with Crippen molar-refractivity contribution in [2.75, 3.05) is 17.4 Å². The fraction of sp³-hybridized carbons (Fsp3) is 0.310. The van der Waals surface area contributed by atoms with E-state index in [1.165, 1.54) is 17.0 Å². The Morgan fingerprint density at radius 1 is 0.923 bits per heavy atom. The van der Waals surface area contributed by atoms with E-state index in [1.807, 2.05) is 20.8 Å². The lowest BCUT2D eigenvalue weighted by molar-refractivity contribution is -0.139. The maximum atomic E-state index is 13.9. The van der Waals surface area contributed by atoms with Crippen LogP contribution in [0, 0.1) is 12.8 Å². The average Bonchev–Trinajstić information content (AvgIpc) is 2.89. The van der Waals surface area contributed by atoms with Gasteiger partial charge in [0.05, 0.1) is 15.6 Å². The third kappa shape index (κ3) is 7.97. The van der Waals surface area contributed by atoms with Crippen molar-refractivity contribution in [1.82, 2.24) is 10.2 Å². The number of sulfonamides is 1. The topological polar surface area (TPSA) is 86.8 Å². The van der Waals surface area contributed by atoms with Gasteiger partial charge in [0.15, 0.2) is 0 Å². The Morgan fingerprint density at radius 3 is 2.21 bits per heavy atom. The molecule has 0 saturated heterocycles. The number of nitrogens with zero attached hydrogens (tertiary/aromatic N) is 2. The Balaban J connectivity index is 2.02. The first-order valence-electron chi connectivity index (χ1n) is 12.6. The van der Waals surface area contributed by atoms with Gasteiger partial charge in [0, 0.05) is 18.1 Å². The fourth-order valence-corrected chi connectivity index (χ4v) is 5.81. The number of amides is 2. The summed E-state index contributed by atoms with van der Waals surface area (Å²) in [5, 5.41) is 3.51. The normalized spacial score (nSPS) is 12.2. The number of anilines is 1. The van der Waals surface area contributed by atoms with Gasteiger partial charge in [-0.3, -0.25) is 13.9 Å². The zero-order chi connectivity index (χ0) is 28.7. The molecule has 3 aromatic carbocycles. The largest absolute Gasteiger partial charge is 0.354 e. The molecule has 0 aliphatic rings. The van der Waals surface area contributed by atoms with Crippen molar-refractivity contribution < 1.29 is 18.0 Å². The summed E-state index contributed by atoms with van der Waals surface area (Å²) in [6, 6.07) is 18.9. The van der Waals surface area contributed by atoms with Crippen molar-refractivity contribution in [1.29, 1.82) is 0 Å². The molecule has 0 aliphatic carbocycles. The molecule has 208 valence electrons. The van der Waals surface area contributed by atoms with Gasteiger partial charge in [0.2, 0.25) is 11.8 Å². The van der Waals surface area contributed by atoms with Gasteiger partial charge >= 0.3 is 0 Å². The van der Waals surface area contributed by atoms with E-state index in [-0.39, 0.29) is 34.0 Å². The first-order chi connectivity index (χ1) is 18.4. The van der Waals surface area contributed by atoms with Crippen LogP contribution < -0.4 is 9.62 Å². The number of carbonyl (C=O) groups excluding carboxylic acids is 2. The Hall–Kier alpha value is -3.07. The molecule has 0 aromatic heterocycles. The van der Waals surface area contributed by atoms with Crippen LogP contribution in [0.4, 0.5) is 5.69 Å². The van der Waals surface area contributed by atoms with Crippen LogP contribution in [0.3, 0.4) is 0 Å². The van der Waals surface area contributed by atoms with E-state index in [1.54, 1.807) is 67.6 Å². The number of rotatable bonds is 11. The van der Waals surface area contributed by atoms with Gasteiger partial charge in [-0.2, -0.15) is 0 Å². The molecular formula is C29H33Cl2N3O4S. The zero-order valence-corrected chi connectivity index (χ0v) is 24.7. The summed E-state index contributed by atoms with van der Waals surface area (Å²) in [5.41, 5.74) is 1.75. The summed E-state index contributed by atoms with van der Waals surface area (Å²) in [4.78, 5) is 28.3. The van der Waals surface area contributed by atoms with Gasteiger partial charge in [-0.1, -0.05) is 79.0 Å². The van der Waals surface area contributed by atoms with Crippen molar-refractivity contribution in [3.63, 3.8) is 0 Å². The van der Waals surface area contributed by atoms with Crippen molar-refractivity contribution in [2.45, 2.75) is 45.2 Å². The number of hydrogen-bond donors (Lipinski definition) is 1. The molecule has 3 aromatic rings. The van der Waals surface area contributed by atoms with E-state index >= 15 is 0 Å². The van der Waals surface area contributed by atoms with Crippen LogP contribution in [0.1, 0.15) is 31.9 Å². The molecule has 0 fully saturated rings. The van der Waals surface area contributed by atoms with E-state index < -0.39 is 28.5 Å². The Bertz CT molecular complexity index is 1410. The van der Waals surface area contributed by atoms with Gasteiger partial charge in [0.1, 0.15) is 12.6 Å². The van der Waals surface area contributed by atoms with Crippen LogP contribution in [0.25, 0.3) is 0 Å². The van der Waals surface area contributed by atoms with Crippen LogP contribution >= 0.6 is 23.2 Å². The highest BCUT2D eigenvalue weighted by Gasteiger charge is 2.33. The quantitative estimate of drug-likeness (QED) is 0.311. The van der Waals surface area contributed by atoms with Crippen molar-refractivity contribution in [3.8, 4) is 0 Å². The lowest BCUT2D eigenvalue weighted by Crippen LogP contribution is -2.51. The molecule has 0 radical (unpaired) electrons. The minimum absolute atomic E-state index is 0.0185. The monoisotopic (exact) mass is 589 g/mol. The minimum atomic E-state index is -4.19. The summed E-state index contributed by atoms with van der Waals surface area (Å²) in [7, 11) is -4.19. The number of halogens is 2. The molecule has 7 nitrogen and oxygen atoms in total. The lowest BCUT2D eigenvalue weighted by Gasteiger charge is -2.32. The van der Waals surface area contributed by atoms with Crippen LogP contribution in [0.5, 0.6) is 0 Å². The Morgan fingerprint density at radius 2 is 1.59 bits per heavy atom. The maximum Gasteiger partial charge on any atom is 0.264 e. The lowest BCUT2D eigenvalue weighted by atomic mass is 10.1. The third-order valence-corrected chi connectivity index (χ3v) is 8.43. The number of para-hydroxylation sites is 1. The molecule has 0 bridgehead atoms. The second kappa shape index (κ2) is 13.3. The fourth-order valence-electron chi connectivity index (χ4n) is 3.87. The predicted octanol–water partition coefficient (Wildman–Crippen LogP) is 5.69. The summed E-state index contributed by atoms with van der Waals surface area (Å²) < 4.78 is 28.7. The highest BCUT2D eigenvalue weighted by Crippen LogP contribution is 2.31. The Labute approximate surface area is 240 Å². The second-order valence-corrected chi connectivity index (χ2v) is 12.4. The van der Waals surface area contributed by atoms with Gasteiger partial charge in [-0.15, -0.1) is 0 Å². The molecule has 2 amide bonds. The molecule has 39 heavy (non-hydrogen) atoms. The highest BCUT2D eigenvalue weighted by atomic mass is 35.5. The molecule has 0 aliphatic heterocycles. The van der Waals surface area contributed by atoms with Crippen LogP contribution in [-0.4, -0.2) is 44.3 Å². The molecule has 1 N–H and O–H groups in total. The molecule has 0 saturated carbocycles. The predicted molar refractivity (Wildman–Crippen MR) is 156 cm³/mol. The Kier molecular flexibility index (Phi) is 10.4. The summed E-state index contributed by atoms with van der Waals surface area (Å²) in [6.07, 6.45) is 0. The molecule has 0 unspecified atom stereocenters. The van der Waals surface area contributed by atoms with E-state index in [0.29, 0.717) is 17.1 Å². The minimum Gasteiger partial charge on any atom is -0.354 e. The number of aryl methyl sites for hydroxylation is 1. The molecular weight excluding hydrogens is 557 g/mol. The number of carbonyl (C=O) groups is 2. The standard InChI is InChI=1S/C29H33Cl2N3O4S/c1-20(2)17-32-29(36)22(4)33(18-23-8-7-9-24(30)16-23)28(35)19-34(27-11-6-5-10-26(27)31)39(37,38)25-14-12-21(3)13-15-25/h5-16,20,22H,17-19H2,1-4H3,(H,32,36)/t22-/m0/s1. The summed E-state index contributed by atoms with van der Waals surface area (Å²) in [6.45, 7) is 7.33. The van der Waals surface area contributed by atoms with E-state index in [9.17, 15) is 18.0 Å². The SMILES string of the molecule is Cc1ccc(S(=O)(=O)N(CC(=O)N(Cc2cccc(Cl)c2)[C@@H](C)C(=O)NCC(C)C)c2ccccc2Cl)cc1. The average molecular weight is 591 g/mol. The van der Waals surface area contributed by atoms with Gasteiger partial charge in [-0.05, 0) is 61.7 Å². The van der Waals surface area contributed by atoms with Gasteiger partial charge in [-0.25, -0.2) is 8.42 Å². The van der Waals surface area contributed by atoms with Crippen LogP contribution in [0.15, 0.2) is 77.7 Å².